The van der Waals surface area contributed by atoms with Crippen molar-refractivity contribution in [3.63, 3.8) is 0 Å². The summed E-state index contributed by atoms with van der Waals surface area (Å²) in [6.45, 7) is 3.76. The second-order valence-electron chi connectivity index (χ2n) is 6.63. The van der Waals surface area contributed by atoms with Crippen molar-refractivity contribution >= 4 is 35.2 Å². The van der Waals surface area contributed by atoms with Crippen LogP contribution in [0.15, 0.2) is 48.5 Å². The topological polar surface area (TPSA) is 58.2 Å². The standard InChI is InChI=1S/C21H20ClF3N2O2/c1-13(2)20(29)27-16-5-3-4-15(10-16)12-26-19(28)9-7-14-6-8-18(22)17(11-14)21(23,24)25/h3-11,13H,12H2,1-2H3,(H,26,28)(H,27,29)/b9-7+. The number of halogens is 4. The summed E-state index contributed by atoms with van der Waals surface area (Å²) in [5.74, 6) is -0.741. The van der Waals surface area contributed by atoms with Gasteiger partial charge in [0.1, 0.15) is 0 Å². The molecular weight excluding hydrogens is 405 g/mol. The van der Waals surface area contributed by atoms with Crippen LogP contribution in [0.25, 0.3) is 6.08 Å². The van der Waals surface area contributed by atoms with Crippen LogP contribution in [-0.2, 0) is 22.3 Å². The molecule has 0 atom stereocenters. The van der Waals surface area contributed by atoms with Crippen molar-refractivity contribution in [2.45, 2.75) is 26.6 Å². The zero-order valence-corrected chi connectivity index (χ0v) is 16.6. The summed E-state index contributed by atoms with van der Waals surface area (Å²) in [6, 6.07) is 10.4. The maximum Gasteiger partial charge on any atom is 0.417 e. The molecule has 0 aliphatic carbocycles. The van der Waals surface area contributed by atoms with Gasteiger partial charge < -0.3 is 10.6 Å². The molecule has 0 spiro atoms. The van der Waals surface area contributed by atoms with Crippen LogP contribution in [-0.4, -0.2) is 11.8 Å². The Balaban J connectivity index is 1.98. The van der Waals surface area contributed by atoms with E-state index in [2.05, 4.69) is 10.6 Å². The molecule has 0 aliphatic rings. The first-order valence-corrected chi connectivity index (χ1v) is 9.16. The smallest absolute Gasteiger partial charge is 0.348 e. The lowest BCUT2D eigenvalue weighted by atomic mass is 10.1. The van der Waals surface area contributed by atoms with Gasteiger partial charge in [0.05, 0.1) is 10.6 Å². The van der Waals surface area contributed by atoms with Gasteiger partial charge in [0, 0.05) is 24.2 Å². The highest BCUT2D eigenvalue weighted by atomic mass is 35.5. The summed E-state index contributed by atoms with van der Waals surface area (Å²) in [5, 5.41) is 5.01. The van der Waals surface area contributed by atoms with E-state index in [9.17, 15) is 22.8 Å². The number of carbonyl (C=O) groups is 2. The molecule has 2 aromatic rings. The molecule has 0 aromatic heterocycles. The van der Waals surface area contributed by atoms with Gasteiger partial charge in [-0.05, 0) is 41.5 Å². The number of nitrogens with one attached hydrogen (secondary N) is 2. The first-order valence-electron chi connectivity index (χ1n) is 8.78. The van der Waals surface area contributed by atoms with Crippen LogP contribution in [0.3, 0.4) is 0 Å². The van der Waals surface area contributed by atoms with E-state index >= 15 is 0 Å². The van der Waals surface area contributed by atoms with Gasteiger partial charge in [-0.25, -0.2) is 0 Å². The number of alkyl halides is 3. The molecule has 29 heavy (non-hydrogen) atoms. The molecule has 0 saturated heterocycles. The molecule has 0 unspecified atom stereocenters. The fraction of sp³-hybridized carbons (Fsp3) is 0.238. The molecule has 4 nitrogen and oxygen atoms in total. The van der Waals surface area contributed by atoms with Gasteiger partial charge in [-0.1, -0.05) is 43.6 Å². The van der Waals surface area contributed by atoms with E-state index in [1.807, 2.05) is 0 Å². The lowest BCUT2D eigenvalue weighted by Gasteiger charge is -2.10. The maximum atomic E-state index is 12.9. The van der Waals surface area contributed by atoms with E-state index in [4.69, 9.17) is 11.6 Å². The van der Waals surface area contributed by atoms with Gasteiger partial charge >= 0.3 is 6.18 Å². The minimum atomic E-state index is -4.57. The SMILES string of the molecule is CC(C)C(=O)Nc1cccc(CNC(=O)/C=C/c2ccc(Cl)c(C(F)(F)F)c2)c1. The number of hydrogen-bond acceptors (Lipinski definition) is 2. The highest BCUT2D eigenvalue weighted by Gasteiger charge is 2.33. The summed E-state index contributed by atoms with van der Waals surface area (Å²) < 4.78 is 38.6. The average molecular weight is 425 g/mol. The Bertz CT molecular complexity index is 924. The van der Waals surface area contributed by atoms with Crippen molar-refractivity contribution in [1.82, 2.24) is 5.32 Å². The number of hydrogen-bond donors (Lipinski definition) is 2. The summed E-state index contributed by atoms with van der Waals surface area (Å²) >= 11 is 5.57. The summed E-state index contributed by atoms with van der Waals surface area (Å²) in [5.41, 5.74) is 0.628. The second-order valence-corrected chi connectivity index (χ2v) is 7.04. The Morgan fingerprint density at radius 3 is 2.52 bits per heavy atom. The zero-order chi connectivity index (χ0) is 21.6. The Morgan fingerprint density at radius 1 is 1.14 bits per heavy atom. The molecule has 2 rings (SSSR count). The molecule has 0 aliphatic heterocycles. The van der Waals surface area contributed by atoms with Crippen LogP contribution in [0.1, 0.15) is 30.5 Å². The summed E-state index contributed by atoms with van der Waals surface area (Å²) in [7, 11) is 0. The summed E-state index contributed by atoms with van der Waals surface area (Å²) in [6.07, 6.45) is -2.15. The van der Waals surface area contributed by atoms with Crippen molar-refractivity contribution < 1.29 is 22.8 Å². The van der Waals surface area contributed by atoms with E-state index < -0.39 is 22.7 Å². The minimum Gasteiger partial charge on any atom is -0.348 e. The number of anilines is 1. The molecule has 154 valence electrons. The predicted molar refractivity (Wildman–Crippen MR) is 107 cm³/mol. The van der Waals surface area contributed by atoms with Crippen LogP contribution in [0.2, 0.25) is 5.02 Å². The van der Waals surface area contributed by atoms with Crippen molar-refractivity contribution in [2.24, 2.45) is 5.92 Å². The van der Waals surface area contributed by atoms with Crippen LogP contribution in [0.4, 0.5) is 18.9 Å². The predicted octanol–water partition coefficient (Wildman–Crippen LogP) is 5.28. The molecule has 8 heteroatoms. The Hall–Kier alpha value is -2.80. The van der Waals surface area contributed by atoms with Crippen molar-refractivity contribution in [3.8, 4) is 0 Å². The van der Waals surface area contributed by atoms with Gasteiger partial charge in [-0.2, -0.15) is 13.2 Å². The fourth-order valence-electron chi connectivity index (χ4n) is 2.33. The first kappa shape index (κ1) is 22.5. The molecule has 2 N–H and O–H groups in total. The van der Waals surface area contributed by atoms with E-state index in [-0.39, 0.29) is 23.9 Å². The molecule has 0 heterocycles. The molecule has 0 saturated carbocycles. The highest BCUT2D eigenvalue weighted by Crippen LogP contribution is 2.35. The van der Waals surface area contributed by atoms with Crippen LogP contribution in [0.5, 0.6) is 0 Å². The number of carbonyl (C=O) groups excluding carboxylic acids is 2. The van der Waals surface area contributed by atoms with Crippen LogP contribution < -0.4 is 10.6 Å². The third kappa shape index (κ3) is 6.94. The molecule has 2 aromatic carbocycles. The van der Waals surface area contributed by atoms with E-state index in [1.54, 1.807) is 38.1 Å². The number of amides is 2. The largest absolute Gasteiger partial charge is 0.417 e. The van der Waals surface area contributed by atoms with Crippen molar-refractivity contribution in [1.29, 1.82) is 0 Å². The summed E-state index contributed by atoms with van der Waals surface area (Å²) in [4.78, 5) is 23.7. The highest BCUT2D eigenvalue weighted by molar-refractivity contribution is 6.31. The van der Waals surface area contributed by atoms with E-state index in [0.29, 0.717) is 5.69 Å². The number of benzene rings is 2. The molecule has 0 bridgehead atoms. The van der Waals surface area contributed by atoms with Crippen molar-refractivity contribution in [3.05, 3.63) is 70.3 Å². The normalized spacial score (nSPS) is 11.7. The Kier molecular flexibility index (Phi) is 7.45. The van der Waals surface area contributed by atoms with Gasteiger partial charge in [-0.3, -0.25) is 9.59 Å². The first-order chi connectivity index (χ1) is 13.6. The minimum absolute atomic E-state index is 0.115. The molecule has 2 amide bonds. The van der Waals surface area contributed by atoms with Crippen LogP contribution >= 0.6 is 11.6 Å². The Labute approximate surface area is 171 Å². The van der Waals surface area contributed by atoms with Gasteiger partial charge in [-0.15, -0.1) is 0 Å². The van der Waals surface area contributed by atoms with Crippen LogP contribution in [0, 0.1) is 5.92 Å². The molecule has 0 fully saturated rings. The van der Waals surface area contributed by atoms with Gasteiger partial charge in [0.25, 0.3) is 0 Å². The molecule has 0 radical (unpaired) electrons. The van der Waals surface area contributed by atoms with Crippen molar-refractivity contribution in [2.75, 3.05) is 5.32 Å². The maximum absolute atomic E-state index is 12.9. The average Bonchev–Trinajstić information content (AvgIpc) is 2.65. The molecular formula is C21H20ClF3N2O2. The third-order valence-corrected chi connectivity index (χ3v) is 4.24. The number of rotatable bonds is 6. The zero-order valence-electron chi connectivity index (χ0n) is 15.8. The second kappa shape index (κ2) is 9.60. The Morgan fingerprint density at radius 2 is 1.86 bits per heavy atom. The quantitative estimate of drug-likeness (QED) is 0.619. The van der Waals surface area contributed by atoms with E-state index in [1.165, 1.54) is 12.1 Å². The third-order valence-electron chi connectivity index (χ3n) is 3.91. The van der Waals surface area contributed by atoms with Gasteiger partial charge in [0.15, 0.2) is 0 Å². The monoisotopic (exact) mass is 424 g/mol. The van der Waals surface area contributed by atoms with Gasteiger partial charge in [0.2, 0.25) is 11.8 Å². The lowest BCUT2D eigenvalue weighted by molar-refractivity contribution is -0.137. The fourth-order valence-corrected chi connectivity index (χ4v) is 2.55. The van der Waals surface area contributed by atoms with E-state index in [0.717, 1.165) is 23.8 Å². The lowest BCUT2D eigenvalue weighted by Crippen LogP contribution is -2.21.